The third-order valence-corrected chi connectivity index (χ3v) is 3.55. The normalized spacial score (nSPS) is 13.2. The van der Waals surface area contributed by atoms with E-state index in [0.29, 0.717) is 0 Å². The molecule has 0 radical (unpaired) electrons. The predicted molar refractivity (Wildman–Crippen MR) is 88.2 cm³/mol. The molecular weight excluding hydrogens is 294 g/mol. The molecule has 23 heavy (non-hydrogen) atoms. The van der Waals surface area contributed by atoms with Gasteiger partial charge in [-0.15, -0.1) is 0 Å². The van der Waals surface area contributed by atoms with Gasteiger partial charge in [0, 0.05) is 12.8 Å². The van der Waals surface area contributed by atoms with Crippen molar-refractivity contribution in [3.8, 4) is 0 Å². The second-order valence-electron chi connectivity index (χ2n) is 5.89. The molecule has 3 amide bonds. The van der Waals surface area contributed by atoms with Gasteiger partial charge in [-0.2, -0.15) is 0 Å². The molecule has 0 aromatic heterocycles. The van der Waals surface area contributed by atoms with E-state index in [-0.39, 0.29) is 36.6 Å². The number of benzene rings is 1. The van der Waals surface area contributed by atoms with Crippen LogP contribution >= 0.6 is 0 Å². The molecule has 2 atom stereocenters. The number of hydrogen-bond donors (Lipinski definition) is 3. The van der Waals surface area contributed by atoms with Gasteiger partial charge in [-0.3, -0.25) is 14.4 Å². The monoisotopic (exact) mass is 319 g/mol. The smallest absolute Gasteiger partial charge is 0.240 e. The van der Waals surface area contributed by atoms with Gasteiger partial charge in [0.25, 0.3) is 0 Å². The molecule has 0 aliphatic rings. The maximum atomic E-state index is 11.9. The van der Waals surface area contributed by atoms with Crippen LogP contribution in [0.25, 0.3) is 0 Å². The summed E-state index contributed by atoms with van der Waals surface area (Å²) in [5.41, 5.74) is 6.24. The average Bonchev–Trinajstić information content (AvgIpc) is 2.50. The highest BCUT2D eigenvalue weighted by Crippen LogP contribution is 2.11. The minimum atomic E-state index is -0.714. The van der Waals surface area contributed by atoms with Crippen molar-refractivity contribution >= 4 is 17.7 Å². The number of nitrogens with two attached hydrogens (primary N) is 1. The molecule has 0 fully saturated rings. The molecule has 6 nitrogen and oxygen atoms in total. The highest BCUT2D eigenvalue weighted by molar-refractivity contribution is 5.88. The van der Waals surface area contributed by atoms with E-state index in [1.807, 2.05) is 37.3 Å². The quantitative estimate of drug-likeness (QED) is 0.672. The SMILES string of the molecule is CC(C)[C@H](NC(=O)CCC(=O)N[C@H](C)c1ccccc1)C(N)=O. The van der Waals surface area contributed by atoms with Crippen LogP contribution in [0.3, 0.4) is 0 Å². The van der Waals surface area contributed by atoms with Crippen LogP contribution in [0.2, 0.25) is 0 Å². The molecule has 0 spiro atoms. The Kier molecular flexibility index (Phi) is 7.25. The number of carbonyl (C=O) groups is 3. The molecule has 0 unspecified atom stereocenters. The summed E-state index contributed by atoms with van der Waals surface area (Å²) >= 11 is 0. The molecule has 4 N–H and O–H groups in total. The molecular formula is C17H25N3O3. The van der Waals surface area contributed by atoms with Crippen LogP contribution in [-0.4, -0.2) is 23.8 Å². The predicted octanol–water partition coefficient (Wildman–Crippen LogP) is 1.27. The summed E-state index contributed by atoms with van der Waals surface area (Å²) < 4.78 is 0. The number of primary amides is 1. The Balaban J connectivity index is 2.41. The zero-order chi connectivity index (χ0) is 17.4. The summed E-state index contributed by atoms with van der Waals surface area (Å²) in [7, 11) is 0. The van der Waals surface area contributed by atoms with Gasteiger partial charge in [-0.1, -0.05) is 44.2 Å². The van der Waals surface area contributed by atoms with Crippen molar-refractivity contribution in [3.63, 3.8) is 0 Å². The minimum Gasteiger partial charge on any atom is -0.368 e. The molecule has 126 valence electrons. The molecule has 0 heterocycles. The Hall–Kier alpha value is -2.37. The van der Waals surface area contributed by atoms with Crippen LogP contribution in [0.15, 0.2) is 30.3 Å². The van der Waals surface area contributed by atoms with Gasteiger partial charge in [0.15, 0.2) is 0 Å². The van der Waals surface area contributed by atoms with E-state index in [1.165, 1.54) is 0 Å². The first-order valence-electron chi connectivity index (χ1n) is 7.74. The number of carbonyl (C=O) groups excluding carboxylic acids is 3. The van der Waals surface area contributed by atoms with Crippen molar-refractivity contribution < 1.29 is 14.4 Å². The highest BCUT2D eigenvalue weighted by atomic mass is 16.2. The highest BCUT2D eigenvalue weighted by Gasteiger charge is 2.21. The molecule has 1 aromatic rings. The van der Waals surface area contributed by atoms with Crippen molar-refractivity contribution in [2.45, 2.75) is 45.7 Å². The standard InChI is InChI=1S/C17H25N3O3/c1-11(2)16(17(18)23)20-15(22)10-9-14(21)19-12(3)13-7-5-4-6-8-13/h4-8,11-12,16H,9-10H2,1-3H3,(H2,18,23)(H,19,21)(H,20,22)/t12-,16+/m1/s1. The summed E-state index contributed by atoms with van der Waals surface area (Å²) in [4.78, 5) is 35.0. The van der Waals surface area contributed by atoms with E-state index in [0.717, 1.165) is 5.56 Å². The first kappa shape index (κ1) is 18.7. The van der Waals surface area contributed by atoms with Gasteiger partial charge >= 0.3 is 0 Å². The van der Waals surface area contributed by atoms with Gasteiger partial charge in [-0.05, 0) is 18.4 Å². The van der Waals surface area contributed by atoms with Crippen LogP contribution < -0.4 is 16.4 Å². The Morgan fingerprint density at radius 1 is 0.957 bits per heavy atom. The lowest BCUT2D eigenvalue weighted by atomic mass is 10.0. The van der Waals surface area contributed by atoms with Crippen molar-refractivity contribution in [1.82, 2.24) is 10.6 Å². The van der Waals surface area contributed by atoms with Gasteiger partial charge in [0.1, 0.15) is 6.04 Å². The fourth-order valence-corrected chi connectivity index (χ4v) is 2.18. The molecule has 0 aliphatic heterocycles. The average molecular weight is 319 g/mol. The lowest BCUT2D eigenvalue weighted by Gasteiger charge is -2.19. The zero-order valence-electron chi connectivity index (χ0n) is 13.8. The van der Waals surface area contributed by atoms with Gasteiger partial charge in [-0.25, -0.2) is 0 Å². The van der Waals surface area contributed by atoms with E-state index in [2.05, 4.69) is 10.6 Å². The van der Waals surface area contributed by atoms with E-state index < -0.39 is 11.9 Å². The Labute approximate surface area is 136 Å². The van der Waals surface area contributed by atoms with Crippen LogP contribution in [0.1, 0.15) is 45.2 Å². The van der Waals surface area contributed by atoms with E-state index >= 15 is 0 Å². The van der Waals surface area contributed by atoms with Crippen LogP contribution in [0, 0.1) is 5.92 Å². The molecule has 0 saturated heterocycles. The summed E-state index contributed by atoms with van der Waals surface area (Å²) in [6.07, 6.45) is 0.0798. The maximum Gasteiger partial charge on any atom is 0.240 e. The number of amides is 3. The van der Waals surface area contributed by atoms with Gasteiger partial charge in [0.2, 0.25) is 17.7 Å². The van der Waals surface area contributed by atoms with Crippen molar-refractivity contribution in [1.29, 1.82) is 0 Å². The number of rotatable bonds is 8. The van der Waals surface area contributed by atoms with Crippen LogP contribution in [0.4, 0.5) is 0 Å². The molecule has 1 rings (SSSR count). The zero-order valence-corrected chi connectivity index (χ0v) is 13.8. The second-order valence-corrected chi connectivity index (χ2v) is 5.89. The first-order chi connectivity index (χ1) is 10.8. The summed E-state index contributed by atoms with van der Waals surface area (Å²) in [5, 5.41) is 5.40. The van der Waals surface area contributed by atoms with Crippen molar-refractivity contribution in [2.24, 2.45) is 11.7 Å². The Morgan fingerprint density at radius 3 is 1.96 bits per heavy atom. The summed E-state index contributed by atoms with van der Waals surface area (Å²) in [5.74, 6) is -1.24. The largest absolute Gasteiger partial charge is 0.368 e. The van der Waals surface area contributed by atoms with Crippen molar-refractivity contribution in [2.75, 3.05) is 0 Å². The van der Waals surface area contributed by atoms with Gasteiger partial charge < -0.3 is 16.4 Å². The minimum absolute atomic E-state index is 0.0177. The fraction of sp³-hybridized carbons (Fsp3) is 0.471. The molecule has 1 aromatic carbocycles. The third kappa shape index (κ3) is 6.50. The van der Waals surface area contributed by atoms with E-state index in [9.17, 15) is 14.4 Å². The van der Waals surface area contributed by atoms with Crippen LogP contribution in [-0.2, 0) is 14.4 Å². The fourth-order valence-electron chi connectivity index (χ4n) is 2.18. The molecule has 0 bridgehead atoms. The van der Waals surface area contributed by atoms with Crippen LogP contribution in [0.5, 0.6) is 0 Å². The maximum absolute atomic E-state index is 11.9. The number of hydrogen-bond acceptors (Lipinski definition) is 3. The Morgan fingerprint density at radius 2 is 1.48 bits per heavy atom. The van der Waals surface area contributed by atoms with E-state index in [4.69, 9.17) is 5.73 Å². The first-order valence-corrected chi connectivity index (χ1v) is 7.74. The van der Waals surface area contributed by atoms with Crippen molar-refractivity contribution in [3.05, 3.63) is 35.9 Å². The lowest BCUT2D eigenvalue weighted by Crippen LogP contribution is -2.47. The van der Waals surface area contributed by atoms with E-state index in [1.54, 1.807) is 13.8 Å². The third-order valence-electron chi connectivity index (χ3n) is 3.55. The topological polar surface area (TPSA) is 101 Å². The van der Waals surface area contributed by atoms with Gasteiger partial charge in [0.05, 0.1) is 6.04 Å². The molecule has 6 heteroatoms. The summed E-state index contributed by atoms with van der Waals surface area (Å²) in [6, 6.07) is 8.74. The Bertz CT molecular complexity index is 543. The lowest BCUT2D eigenvalue weighted by molar-refractivity contribution is -0.130. The molecule has 0 saturated carbocycles. The number of nitrogens with one attached hydrogen (secondary N) is 2. The summed E-state index contributed by atoms with van der Waals surface area (Å²) in [6.45, 7) is 5.48. The second kappa shape index (κ2) is 8.92. The molecule has 0 aliphatic carbocycles.